The van der Waals surface area contributed by atoms with Crippen molar-refractivity contribution in [2.75, 3.05) is 6.54 Å². The van der Waals surface area contributed by atoms with Gasteiger partial charge < -0.3 is 19.9 Å². The van der Waals surface area contributed by atoms with Gasteiger partial charge in [-0.15, -0.1) is 11.8 Å². The molecule has 0 aliphatic heterocycles. The summed E-state index contributed by atoms with van der Waals surface area (Å²) in [7, 11) is 0. The summed E-state index contributed by atoms with van der Waals surface area (Å²) in [4.78, 5) is 34.7. The summed E-state index contributed by atoms with van der Waals surface area (Å²) in [6.07, 6.45) is 3.90. The van der Waals surface area contributed by atoms with Gasteiger partial charge >= 0.3 is 18.0 Å². The Morgan fingerprint density at radius 1 is 1.16 bits per heavy atom. The summed E-state index contributed by atoms with van der Waals surface area (Å²) < 4.78 is 10.2. The Labute approximate surface area is 153 Å². The van der Waals surface area contributed by atoms with Crippen molar-refractivity contribution in [2.24, 2.45) is 5.92 Å². The maximum absolute atomic E-state index is 11.9. The van der Waals surface area contributed by atoms with Crippen molar-refractivity contribution in [3.8, 4) is 0 Å². The fraction of sp³-hybridized carbons (Fsp3) is 0.824. The molecule has 0 radical (unpaired) electrons. The van der Waals surface area contributed by atoms with Gasteiger partial charge in [0, 0.05) is 24.1 Å². The highest BCUT2D eigenvalue weighted by Gasteiger charge is 2.27. The molecule has 0 bridgehead atoms. The molecule has 8 heteroatoms. The van der Waals surface area contributed by atoms with Crippen LogP contribution in [0.1, 0.15) is 59.3 Å². The molecule has 1 rings (SSSR count). The van der Waals surface area contributed by atoms with Crippen LogP contribution in [0.15, 0.2) is 0 Å². The van der Waals surface area contributed by atoms with Crippen molar-refractivity contribution in [1.29, 1.82) is 0 Å². The monoisotopic (exact) mass is 375 g/mol. The standard InChI is InChI=1S/C17H29NO6S/c1-4-14(19)23-16(11(2)3)24-17(22)18-10-13(15(20)21)25-12-8-6-5-7-9-12/h11-13,16H,4-10H2,1-3H3,(H,18,22)(H,20,21)/t13-,16-/m0/s1. The summed E-state index contributed by atoms with van der Waals surface area (Å²) in [5, 5.41) is 11.4. The third kappa shape index (κ3) is 8.47. The number of carbonyl (C=O) groups is 3. The highest BCUT2D eigenvalue weighted by atomic mass is 32.2. The molecule has 0 saturated heterocycles. The summed E-state index contributed by atoms with van der Waals surface area (Å²) in [5.41, 5.74) is 0. The fourth-order valence-electron chi connectivity index (χ4n) is 2.46. The average molecular weight is 375 g/mol. The van der Waals surface area contributed by atoms with E-state index in [1.165, 1.54) is 18.2 Å². The number of nitrogens with one attached hydrogen (secondary N) is 1. The molecule has 2 atom stereocenters. The SMILES string of the molecule is CCC(=O)O[C@@H](OC(=O)NC[C@H](SC1CCCCC1)C(=O)O)C(C)C. The Kier molecular flexibility index (Phi) is 9.70. The first-order valence-corrected chi connectivity index (χ1v) is 9.80. The van der Waals surface area contributed by atoms with Gasteiger partial charge in [-0.1, -0.05) is 40.0 Å². The fourth-order valence-corrected chi connectivity index (χ4v) is 3.83. The Bertz CT molecular complexity index is 450. The molecule has 0 aromatic rings. The van der Waals surface area contributed by atoms with Gasteiger partial charge in [-0.05, 0) is 12.8 Å². The Hall–Kier alpha value is -1.44. The summed E-state index contributed by atoms with van der Waals surface area (Å²) in [6, 6.07) is 0. The van der Waals surface area contributed by atoms with E-state index in [9.17, 15) is 19.5 Å². The highest BCUT2D eigenvalue weighted by Crippen LogP contribution is 2.31. The second-order valence-corrected chi connectivity index (χ2v) is 7.97. The van der Waals surface area contributed by atoms with Crippen LogP contribution in [0.5, 0.6) is 0 Å². The van der Waals surface area contributed by atoms with Crippen LogP contribution >= 0.6 is 11.8 Å². The van der Waals surface area contributed by atoms with Crippen molar-refractivity contribution >= 4 is 29.8 Å². The lowest BCUT2D eigenvalue weighted by atomic mass is 10.0. The number of rotatable bonds is 9. The molecule has 0 unspecified atom stereocenters. The van der Waals surface area contributed by atoms with Crippen molar-refractivity contribution in [3.05, 3.63) is 0 Å². The van der Waals surface area contributed by atoms with E-state index in [1.807, 2.05) is 0 Å². The quantitative estimate of drug-likeness (QED) is 0.471. The molecule has 0 spiro atoms. The number of carbonyl (C=O) groups excluding carboxylic acids is 2. The van der Waals surface area contributed by atoms with E-state index in [0.29, 0.717) is 5.25 Å². The predicted molar refractivity (Wildman–Crippen MR) is 95.4 cm³/mol. The van der Waals surface area contributed by atoms with Crippen LogP contribution in [-0.4, -0.2) is 46.5 Å². The first-order valence-electron chi connectivity index (χ1n) is 8.85. The first kappa shape index (κ1) is 21.6. The van der Waals surface area contributed by atoms with Crippen LogP contribution < -0.4 is 5.32 Å². The van der Waals surface area contributed by atoms with E-state index in [1.54, 1.807) is 20.8 Å². The number of amides is 1. The molecule has 1 aliphatic carbocycles. The zero-order valence-electron chi connectivity index (χ0n) is 15.2. The van der Waals surface area contributed by atoms with E-state index in [2.05, 4.69) is 5.32 Å². The van der Waals surface area contributed by atoms with E-state index in [4.69, 9.17) is 9.47 Å². The van der Waals surface area contributed by atoms with Gasteiger partial charge in [0.05, 0.1) is 0 Å². The van der Waals surface area contributed by atoms with Crippen molar-refractivity contribution in [1.82, 2.24) is 5.32 Å². The molecule has 0 heterocycles. The number of carboxylic acids is 1. The molecule has 1 fully saturated rings. The van der Waals surface area contributed by atoms with Crippen molar-refractivity contribution < 1.29 is 29.0 Å². The molecule has 0 aromatic heterocycles. The number of ether oxygens (including phenoxy) is 2. The number of aliphatic carboxylic acids is 1. The van der Waals surface area contributed by atoms with Gasteiger partial charge in [0.1, 0.15) is 5.25 Å². The summed E-state index contributed by atoms with van der Waals surface area (Å²) in [5.74, 6) is -1.61. The summed E-state index contributed by atoms with van der Waals surface area (Å²) in [6.45, 7) is 5.15. The van der Waals surface area contributed by atoms with Gasteiger partial charge in [-0.3, -0.25) is 9.59 Å². The van der Waals surface area contributed by atoms with Gasteiger partial charge in [0.2, 0.25) is 0 Å². The lowest BCUT2D eigenvalue weighted by molar-refractivity contribution is -0.174. The molecule has 1 aliphatic rings. The largest absolute Gasteiger partial charge is 0.480 e. The van der Waals surface area contributed by atoms with E-state index in [-0.39, 0.29) is 18.9 Å². The van der Waals surface area contributed by atoms with Crippen molar-refractivity contribution in [2.45, 2.75) is 76.1 Å². The number of hydrogen-bond acceptors (Lipinski definition) is 6. The second kappa shape index (κ2) is 11.2. The molecule has 0 aromatic carbocycles. The lowest BCUT2D eigenvalue weighted by Gasteiger charge is -2.25. The predicted octanol–water partition coefficient (Wildman–Crippen LogP) is 3.17. The van der Waals surface area contributed by atoms with E-state index >= 15 is 0 Å². The second-order valence-electron chi connectivity index (χ2n) is 6.47. The molecule has 2 N–H and O–H groups in total. The lowest BCUT2D eigenvalue weighted by Crippen LogP contribution is -2.39. The number of hydrogen-bond donors (Lipinski definition) is 2. The Morgan fingerprint density at radius 2 is 1.80 bits per heavy atom. The van der Waals surface area contributed by atoms with Gasteiger partial charge in [-0.25, -0.2) is 4.79 Å². The van der Waals surface area contributed by atoms with E-state index < -0.39 is 29.6 Å². The third-order valence-electron chi connectivity index (χ3n) is 3.92. The molecular formula is C17H29NO6S. The smallest absolute Gasteiger partial charge is 0.410 e. The molecular weight excluding hydrogens is 346 g/mol. The van der Waals surface area contributed by atoms with E-state index in [0.717, 1.165) is 25.7 Å². The number of thioether (sulfide) groups is 1. The maximum atomic E-state index is 11.9. The van der Waals surface area contributed by atoms with Crippen LogP contribution in [0.25, 0.3) is 0 Å². The van der Waals surface area contributed by atoms with Gasteiger partial charge in [0.15, 0.2) is 0 Å². The Morgan fingerprint density at radius 3 is 2.32 bits per heavy atom. The number of carboxylic acid groups (broad SMARTS) is 1. The van der Waals surface area contributed by atoms with Crippen LogP contribution in [0.2, 0.25) is 0 Å². The number of esters is 1. The number of alkyl carbamates (subject to hydrolysis) is 1. The van der Waals surface area contributed by atoms with Crippen LogP contribution in [0, 0.1) is 5.92 Å². The zero-order chi connectivity index (χ0) is 18.8. The summed E-state index contributed by atoms with van der Waals surface area (Å²) >= 11 is 1.40. The highest BCUT2D eigenvalue weighted by molar-refractivity contribution is 8.01. The zero-order valence-corrected chi connectivity index (χ0v) is 16.0. The topological polar surface area (TPSA) is 102 Å². The van der Waals surface area contributed by atoms with Crippen LogP contribution in [0.4, 0.5) is 4.79 Å². The minimum absolute atomic E-state index is 0.0259. The Balaban J connectivity index is 2.46. The molecule has 25 heavy (non-hydrogen) atoms. The maximum Gasteiger partial charge on any atom is 0.410 e. The van der Waals surface area contributed by atoms with Gasteiger partial charge in [-0.2, -0.15) is 0 Å². The van der Waals surface area contributed by atoms with Crippen LogP contribution in [0.3, 0.4) is 0 Å². The normalized spacial score (nSPS) is 17.6. The first-order chi connectivity index (χ1) is 11.8. The average Bonchev–Trinajstić information content (AvgIpc) is 2.58. The van der Waals surface area contributed by atoms with Crippen molar-refractivity contribution in [3.63, 3.8) is 0 Å². The third-order valence-corrected chi connectivity index (χ3v) is 5.47. The molecule has 1 amide bonds. The van der Waals surface area contributed by atoms with Crippen LogP contribution in [-0.2, 0) is 19.1 Å². The minimum atomic E-state index is -0.985. The molecule has 1 saturated carbocycles. The molecule has 7 nitrogen and oxygen atoms in total. The molecule has 144 valence electrons. The van der Waals surface area contributed by atoms with Gasteiger partial charge in [0.25, 0.3) is 6.29 Å². The minimum Gasteiger partial charge on any atom is -0.480 e.